The van der Waals surface area contributed by atoms with Gasteiger partial charge in [-0.15, -0.1) is 0 Å². The van der Waals surface area contributed by atoms with Crippen molar-refractivity contribution in [2.24, 2.45) is 4.99 Å². The standard InChI is InChI=1S/C26H19FN2O4S/c1-15-22(25(31)32-2)23(17-6-4-3-5-7-17)29-24(30)21(34-26(29)28-15)14-19-12-13-20(33-19)16-8-10-18(27)11-9-16/h3-14,23H,1-2H3. The Labute approximate surface area is 197 Å². The van der Waals surface area contributed by atoms with E-state index >= 15 is 0 Å². The van der Waals surface area contributed by atoms with Crippen molar-refractivity contribution in [1.82, 2.24) is 4.57 Å². The van der Waals surface area contributed by atoms with E-state index < -0.39 is 12.0 Å². The van der Waals surface area contributed by atoms with E-state index in [9.17, 15) is 14.0 Å². The van der Waals surface area contributed by atoms with Crippen molar-refractivity contribution in [3.8, 4) is 11.3 Å². The molecule has 0 radical (unpaired) electrons. The van der Waals surface area contributed by atoms with Gasteiger partial charge in [-0.25, -0.2) is 14.2 Å². The molecule has 0 aliphatic carbocycles. The van der Waals surface area contributed by atoms with Crippen LogP contribution in [0.25, 0.3) is 17.4 Å². The highest BCUT2D eigenvalue weighted by Gasteiger charge is 2.32. The fourth-order valence-electron chi connectivity index (χ4n) is 3.97. The zero-order valence-electron chi connectivity index (χ0n) is 18.3. The smallest absolute Gasteiger partial charge is 0.338 e. The number of aromatic nitrogens is 1. The van der Waals surface area contributed by atoms with Gasteiger partial charge in [0.15, 0.2) is 4.80 Å². The molecule has 0 bridgehead atoms. The highest BCUT2D eigenvalue weighted by Crippen LogP contribution is 2.30. The van der Waals surface area contributed by atoms with Gasteiger partial charge in [0.1, 0.15) is 17.3 Å². The predicted octanol–water partition coefficient (Wildman–Crippen LogP) is 3.81. The van der Waals surface area contributed by atoms with Crippen LogP contribution >= 0.6 is 11.3 Å². The topological polar surface area (TPSA) is 73.8 Å². The molecule has 2 aromatic heterocycles. The van der Waals surface area contributed by atoms with Crippen molar-refractivity contribution < 1.29 is 18.3 Å². The summed E-state index contributed by atoms with van der Waals surface area (Å²) < 4.78 is 26.0. The van der Waals surface area contributed by atoms with E-state index in [4.69, 9.17) is 9.15 Å². The van der Waals surface area contributed by atoms with Gasteiger partial charge in [-0.05, 0) is 48.9 Å². The summed E-state index contributed by atoms with van der Waals surface area (Å²) in [6.07, 6.45) is 1.65. The lowest BCUT2D eigenvalue weighted by molar-refractivity contribution is -0.136. The minimum Gasteiger partial charge on any atom is -0.466 e. The maximum atomic E-state index is 13.5. The summed E-state index contributed by atoms with van der Waals surface area (Å²) >= 11 is 1.22. The van der Waals surface area contributed by atoms with Crippen LogP contribution in [-0.4, -0.2) is 17.6 Å². The van der Waals surface area contributed by atoms with Gasteiger partial charge in [-0.2, -0.15) is 0 Å². The zero-order chi connectivity index (χ0) is 23.8. The molecule has 0 amide bonds. The number of carbonyl (C=O) groups is 1. The number of benzene rings is 2. The Bertz CT molecular complexity index is 1590. The third-order valence-electron chi connectivity index (χ3n) is 5.57. The van der Waals surface area contributed by atoms with Gasteiger partial charge in [0, 0.05) is 11.6 Å². The van der Waals surface area contributed by atoms with Gasteiger partial charge < -0.3 is 9.15 Å². The molecule has 1 unspecified atom stereocenters. The Morgan fingerprint density at radius 1 is 1.12 bits per heavy atom. The van der Waals surface area contributed by atoms with Crippen LogP contribution in [0.4, 0.5) is 4.39 Å². The number of methoxy groups -OCH3 is 1. The van der Waals surface area contributed by atoms with Gasteiger partial charge >= 0.3 is 5.97 Å². The minimum absolute atomic E-state index is 0.286. The second kappa shape index (κ2) is 8.72. The second-order valence-electron chi connectivity index (χ2n) is 7.69. The van der Waals surface area contributed by atoms with Crippen LogP contribution in [0.3, 0.4) is 0 Å². The van der Waals surface area contributed by atoms with Crippen LogP contribution in [0, 0.1) is 5.82 Å². The van der Waals surface area contributed by atoms with Crippen LogP contribution in [0.5, 0.6) is 0 Å². The number of thiazole rings is 1. The molecule has 1 aliphatic heterocycles. The first kappa shape index (κ1) is 21.8. The Hall–Kier alpha value is -4.04. The van der Waals surface area contributed by atoms with Crippen molar-refractivity contribution >= 4 is 23.4 Å². The number of rotatable bonds is 4. The molecule has 5 rings (SSSR count). The van der Waals surface area contributed by atoms with Gasteiger partial charge in [0.05, 0.1) is 29.0 Å². The fraction of sp³-hybridized carbons (Fsp3) is 0.115. The fourth-order valence-corrected chi connectivity index (χ4v) is 5.00. The molecule has 4 aromatic rings. The van der Waals surface area contributed by atoms with E-state index in [0.717, 1.165) is 11.1 Å². The van der Waals surface area contributed by atoms with Gasteiger partial charge in [-0.3, -0.25) is 9.36 Å². The summed E-state index contributed by atoms with van der Waals surface area (Å²) in [4.78, 5) is 31.2. The van der Waals surface area contributed by atoms with Crippen molar-refractivity contribution in [3.63, 3.8) is 0 Å². The van der Waals surface area contributed by atoms with E-state index in [2.05, 4.69) is 4.99 Å². The van der Waals surface area contributed by atoms with Gasteiger partial charge in [-0.1, -0.05) is 41.7 Å². The number of furan rings is 1. The van der Waals surface area contributed by atoms with Crippen molar-refractivity contribution in [1.29, 1.82) is 0 Å². The van der Waals surface area contributed by atoms with Crippen LogP contribution in [0.1, 0.15) is 24.3 Å². The highest BCUT2D eigenvalue weighted by molar-refractivity contribution is 7.07. The maximum Gasteiger partial charge on any atom is 0.338 e. The number of nitrogens with zero attached hydrogens (tertiary/aromatic N) is 2. The van der Waals surface area contributed by atoms with Gasteiger partial charge in [0.25, 0.3) is 5.56 Å². The minimum atomic E-state index is -0.654. The molecule has 34 heavy (non-hydrogen) atoms. The van der Waals surface area contributed by atoms with E-state index in [1.165, 1.54) is 35.1 Å². The monoisotopic (exact) mass is 474 g/mol. The van der Waals surface area contributed by atoms with Crippen molar-refractivity contribution in [2.45, 2.75) is 13.0 Å². The molecular formula is C26H19FN2O4S. The molecule has 0 saturated carbocycles. The highest BCUT2D eigenvalue weighted by atomic mass is 32.1. The Morgan fingerprint density at radius 2 is 1.85 bits per heavy atom. The lowest BCUT2D eigenvalue weighted by atomic mass is 9.96. The summed E-state index contributed by atoms with van der Waals surface area (Å²) in [6.45, 7) is 1.74. The molecular weight excluding hydrogens is 455 g/mol. The van der Waals surface area contributed by atoms with E-state index in [1.54, 1.807) is 37.3 Å². The molecule has 0 N–H and O–H groups in total. The molecule has 6 nitrogen and oxygen atoms in total. The average Bonchev–Trinajstić information content (AvgIpc) is 3.43. The van der Waals surface area contributed by atoms with Crippen LogP contribution in [0.2, 0.25) is 0 Å². The number of allylic oxidation sites excluding steroid dienone is 1. The normalized spacial score (nSPS) is 15.7. The summed E-state index contributed by atoms with van der Waals surface area (Å²) in [5.41, 5.74) is 2.05. The summed E-state index contributed by atoms with van der Waals surface area (Å²) in [5.74, 6) is 0.181. The van der Waals surface area contributed by atoms with E-state index in [1.807, 2.05) is 30.3 Å². The molecule has 3 heterocycles. The molecule has 0 saturated heterocycles. The number of esters is 1. The zero-order valence-corrected chi connectivity index (χ0v) is 19.1. The molecule has 8 heteroatoms. The largest absolute Gasteiger partial charge is 0.466 e. The van der Waals surface area contributed by atoms with Crippen LogP contribution in [-0.2, 0) is 9.53 Å². The van der Waals surface area contributed by atoms with Gasteiger partial charge in [0.2, 0.25) is 0 Å². The lowest BCUT2D eigenvalue weighted by Gasteiger charge is -2.24. The number of halogens is 1. The SMILES string of the molecule is COC(=O)C1=C(C)N=c2sc(=Cc3ccc(-c4ccc(F)cc4)o3)c(=O)n2C1c1ccccc1. The number of carbonyl (C=O) groups excluding carboxylic acids is 1. The molecule has 0 fully saturated rings. The first-order chi connectivity index (χ1) is 16.5. The maximum absolute atomic E-state index is 13.5. The quantitative estimate of drug-likeness (QED) is 0.422. The number of fused-ring (bicyclic) bond motifs is 1. The second-order valence-corrected chi connectivity index (χ2v) is 8.70. The van der Waals surface area contributed by atoms with Crippen LogP contribution < -0.4 is 14.9 Å². The molecule has 1 atom stereocenters. The Balaban J connectivity index is 1.63. The third-order valence-corrected chi connectivity index (χ3v) is 6.55. The van der Waals surface area contributed by atoms with E-state index in [0.29, 0.717) is 32.1 Å². The molecule has 0 spiro atoms. The van der Waals surface area contributed by atoms with Crippen LogP contribution in [0.15, 0.2) is 92.2 Å². The first-order valence-electron chi connectivity index (χ1n) is 10.5. The molecule has 2 aromatic carbocycles. The lowest BCUT2D eigenvalue weighted by Crippen LogP contribution is -2.39. The number of hydrogen-bond acceptors (Lipinski definition) is 6. The first-order valence-corrected chi connectivity index (χ1v) is 11.3. The van der Waals surface area contributed by atoms with E-state index in [-0.39, 0.29) is 11.4 Å². The summed E-state index contributed by atoms with van der Waals surface area (Å²) in [7, 11) is 1.31. The Kier molecular flexibility index (Phi) is 5.59. The predicted molar refractivity (Wildman–Crippen MR) is 126 cm³/mol. The number of ether oxygens (including phenoxy) is 1. The third kappa shape index (κ3) is 3.82. The summed E-state index contributed by atoms with van der Waals surface area (Å²) in [6, 6.07) is 18.2. The number of hydrogen-bond donors (Lipinski definition) is 0. The summed E-state index contributed by atoms with van der Waals surface area (Å²) in [5, 5.41) is 0. The molecule has 170 valence electrons. The average molecular weight is 475 g/mol. The van der Waals surface area contributed by atoms with Crippen molar-refractivity contribution in [2.75, 3.05) is 7.11 Å². The Morgan fingerprint density at radius 3 is 2.56 bits per heavy atom. The van der Waals surface area contributed by atoms with Crippen molar-refractivity contribution in [3.05, 3.63) is 115 Å². The molecule has 1 aliphatic rings.